The zero-order chi connectivity index (χ0) is 22.2. The van der Waals surface area contributed by atoms with E-state index in [0.29, 0.717) is 41.0 Å². The van der Waals surface area contributed by atoms with Crippen molar-refractivity contribution in [3.8, 4) is 11.5 Å². The third kappa shape index (κ3) is 4.13. The van der Waals surface area contributed by atoms with Gasteiger partial charge in [0.05, 0.1) is 23.9 Å². The van der Waals surface area contributed by atoms with E-state index in [1.165, 1.54) is 12.1 Å². The molecule has 2 aliphatic rings. The highest BCUT2D eigenvalue weighted by Crippen LogP contribution is 2.36. The van der Waals surface area contributed by atoms with E-state index in [1.807, 2.05) is 0 Å². The SMILES string of the molecule is C[C@@]1(c2ccc3c(c2)OCCCO3)NC(=O)N(CC(=O)Nc2ccc(Cl)cc2Cl)C1=O. The quantitative estimate of drug-likeness (QED) is 0.675. The standard InChI is InChI=1S/C21H19Cl2N3O5/c1-21(12-3-6-16-17(9-12)31-8-2-7-30-16)19(28)26(20(29)25-21)11-18(27)24-15-5-4-13(22)10-14(15)23/h3-6,9-10H,2,7-8,11H2,1H3,(H,24,27)(H,25,29)/t21-/m0/s1. The average molecular weight is 464 g/mol. The topological polar surface area (TPSA) is 97.0 Å². The summed E-state index contributed by atoms with van der Waals surface area (Å²) in [4.78, 5) is 39.0. The highest BCUT2D eigenvalue weighted by molar-refractivity contribution is 6.36. The van der Waals surface area contributed by atoms with Crippen molar-refractivity contribution in [1.29, 1.82) is 0 Å². The summed E-state index contributed by atoms with van der Waals surface area (Å²) in [7, 11) is 0. The Morgan fingerprint density at radius 2 is 1.87 bits per heavy atom. The zero-order valence-electron chi connectivity index (χ0n) is 16.5. The van der Waals surface area contributed by atoms with Gasteiger partial charge < -0.3 is 20.1 Å². The molecule has 0 radical (unpaired) electrons. The minimum atomic E-state index is -1.35. The number of halogens is 2. The number of anilines is 1. The van der Waals surface area contributed by atoms with Crippen molar-refractivity contribution in [3.63, 3.8) is 0 Å². The van der Waals surface area contributed by atoms with Crippen molar-refractivity contribution in [2.75, 3.05) is 25.1 Å². The lowest BCUT2D eigenvalue weighted by Gasteiger charge is -2.23. The lowest BCUT2D eigenvalue weighted by atomic mass is 9.91. The number of carbonyl (C=O) groups excluding carboxylic acids is 3. The van der Waals surface area contributed by atoms with Crippen LogP contribution in [0.4, 0.5) is 10.5 Å². The number of ether oxygens (including phenoxy) is 2. The fraction of sp³-hybridized carbons (Fsp3) is 0.286. The van der Waals surface area contributed by atoms with Crippen LogP contribution >= 0.6 is 23.2 Å². The Bertz CT molecular complexity index is 1080. The van der Waals surface area contributed by atoms with Crippen LogP contribution in [0.15, 0.2) is 36.4 Å². The smallest absolute Gasteiger partial charge is 0.325 e. The van der Waals surface area contributed by atoms with Crippen molar-refractivity contribution < 1.29 is 23.9 Å². The Balaban J connectivity index is 1.51. The van der Waals surface area contributed by atoms with Crippen LogP contribution < -0.4 is 20.1 Å². The van der Waals surface area contributed by atoms with Crippen LogP contribution in [0.1, 0.15) is 18.9 Å². The second kappa shape index (κ2) is 8.28. The van der Waals surface area contributed by atoms with Gasteiger partial charge in [0.25, 0.3) is 5.91 Å². The zero-order valence-corrected chi connectivity index (χ0v) is 18.0. The summed E-state index contributed by atoms with van der Waals surface area (Å²) in [5.41, 5.74) is -0.493. The van der Waals surface area contributed by atoms with Gasteiger partial charge in [0.2, 0.25) is 5.91 Å². The Labute approximate surface area is 188 Å². The molecule has 0 bridgehead atoms. The maximum absolute atomic E-state index is 13.1. The van der Waals surface area contributed by atoms with Gasteiger partial charge >= 0.3 is 6.03 Å². The molecular weight excluding hydrogens is 445 g/mol. The molecule has 10 heteroatoms. The highest BCUT2D eigenvalue weighted by atomic mass is 35.5. The second-order valence-corrected chi connectivity index (χ2v) is 8.17. The van der Waals surface area contributed by atoms with Gasteiger partial charge in [-0.05, 0) is 42.8 Å². The maximum Gasteiger partial charge on any atom is 0.325 e. The summed E-state index contributed by atoms with van der Waals surface area (Å²) in [6.07, 6.45) is 0.747. The Hall–Kier alpha value is -2.97. The number of benzene rings is 2. The molecule has 1 atom stereocenters. The monoisotopic (exact) mass is 463 g/mol. The van der Waals surface area contributed by atoms with Gasteiger partial charge in [-0.1, -0.05) is 29.3 Å². The van der Waals surface area contributed by atoms with E-state index >= 15 is 0 Å². The summed E-state index contributed by atoms with van der Waals surface area (Å²) in [6, 6.07) is 9.00. The van der Waals surface area contributed by atoms with E-state index < -0.39 is 29.9 Å². The number of amides is 4. The summed E-state index contributed by atoms with van der Waals surface area (Å²) in [5.74, 6) is -0.0375. The Morgan fingerprint density at radius 1 is 1.13 bits per heavy atom. The van der Waals surface area contributed by atoms with E-state index in [9.17, 15) is 14.4 Å². The first-order valence-electron chi connectivity index (χ1n) is 9.57. The van der Waals surface area contributed by atoms with Crippen LogP contribution in [-0.2, 0) is 15.1 Å². The fourth-order valence-corrected chi connectivity index (χ4v) is 3.89. The van der Waals surface area contributed by atoms with Crippen molar-refractivity contribution in [3.05, 3.63) is 52.0 Å². The number of carbonyl (C=O) groups is 3. The molecule has 1 fully saturated rings. The fourth-order valence-electron chi connectivity index (χ4n) is 3.43. The van der Waals surface area contributed by atoms with Gasteiger partial charge in [-0.3, -0.25) is 14.5 Å². The molecule has 2 N–H and O–H groups in total. The molecule has 2 aliphatic heterocycles. The molecule has 2 heterocycles. The molecule has 2 aromatic carbocycles. The van der Waals surface area contributed by atoms with E-state index in [2.05, 4.69) is 10.6 Å². The molecule has 1 saturated heterocycles. The number of rotatable bonds is 4. The normalized spacial score (nSPS) is 20.3. The minimum Gasteiger partial charge on any atom is -0.490 e. The van der Waals surface area contributed by atoms with Crippen LogP contribution in [0.25, 0.3) is 0 Å². The van der Waals surface area contributed by atoms with Crippen molar-refractivity contribution in [1.82, 2.24) is 10.2 Å². The van der Waals surface area contributed by atoms with Crippen LogP contribution in [0.5, 0.6) is 11.5 Å². The van der Waals surface area contributed by atoms with Gasteiger partial charge in [-0.15, -0.1) is 0 Å². The van der Waals surface area contributed by atoms with Crippen molar-refractivity contribution >= 4 is 46.7 Å². The van der Waals surface area contributed by atoms with Crippen molar-refractivity contribution in [2.45, 2.75) is 18.9 Å². The molecule has 0 aromatic heterocycles. The lowest BCUT2D eigenvalue weighted by Crippen LogP contribution is -2.42. The molecule has 4 amide bonds. The molecule has 8 nitrogen and oxygen atoms in total. The first kappa shape index (κ1) is 21.3. The molecule has 0 spiro atoms. The molecule has 2 aromatic rings. The third-order valence-electron chi connectivity index (χ3n) is 5.11. The second-order valence-electron chi connectivity index (χ2n) is 7.33. The molecular formula is C21H19Cl2N3O5. The number of hydrogen-bond donors (Lipinski definition) is 2. The summed E-state index contributed by atoms with van der Waals surface area (Å²) >= 11 is 11.9. The number of fused-ring (bicyclic) bond motifs is 1. The summed E-state index contributed by atoms with van der Waals surface area (Å²) in [6.45, 7) is 2.15. The maximum atomic E-state index is 13.1. The number of urea groups is 1. The van der Waals surface area contributed by atoms with E-state index in [1.54, 1.807) is 31.2 Å². The van der Waals surface area contributed by atoms with Crippen LogP contribution in [0.3, 0.4) is 0 Å². The molecule has 0 unspecified atom stereocenters. The molecule has 4 rings (SSSR count). The predicted molar refractivity (Wildman–Crippen MR) is 115 cm³/mol. The van der Waals surface area contributed by atoms with Crippen LogP contribution in [0, 0.1) is 0 Å². The Morgan fingerprint density at radius 3 is 2.61 bits per heavy atom. The number of nitrogens with zero attached hydrogens (tertiary/aromatic N) is 1. The molecule has 162 valence electrons. The van der Waals surface area contributed by atoms with Gasteiger partial charge in [-0.2, -0.15) is 0 Å². The van der Waals surface area contributed by atoms with E-state index in [0.717, 1.165) is 11.3 Å². The van der Waals surface area contributed by atoms with E-state index in [4.69, 9.17) is 32.7 Å². The van der Waals surface area contributed by atoms with Crippen LogP contribution in [0.2, 0.25) is 10.0 Å². The average Bonchev–Trinajstić information content (AvgIpc) is 2.90. The summed E-state index contributed by atoms with van der Waals surface area (Å²) in [5, 5.41) is 5.92. The van der Waals surface area contributed by atoms with E-state index in [-0.39, 0.29) is 5.02 Å². The number of nitrogens with one attached hydrogen (secondary N) is 2. The largest absolute Gasteiger partial charge is 0.490 e. The Kier molecular flexibility index (Phi) is 5.68. The number of hydrogen-bond acceptors (Lipinski definition) is 5. The molecule has 0 saturated carbocycles. The minimum absolute atomic E-state index is 0.245. The van der Waals surface area contributed by atoms with Gasteiger partial charge in [-0.25, -0.2) is 4.79 Å². The number of imide groups is 1. The lowest BCUT2D eigenvalue weighted by molar-refractivity contribution is -0.133. The molecule has 0 aliphatic carbocycles. The van der Waals surface area contributed by atoms with Gasteiger partial charge in [0, 0.05) is 11.4 Å². The van der Waals surface area contributed by atoms with Crippen molar-refractivity contribution in [2.24, 2.45) is 0 Å². The van der Waals surface area contributed by atoms with Crippen LogP contribution in [-0.4, -0.2) is 42.5 Å². The van der Waals surface area contributed by atoms with Gasteiger partial charge in [0.15, 0.2) is 11.5 Å². The molecule has 31 heavy (non-hydrogen) atoms. The first-order valence-corrected chi connectivity index (χ1v) is 10.3. The first-order chi connectivity index (χ1) is 14.8. The predicted octanol–water partition coefficient (Wildman–Crippen LogP) is 3.56. The third-order valence-corrected chi connectivity index (χ3v) is 5.65. The highest BCUT2D eigenvalue weighted by Gasteiger charge is 2.49. The van der Waals surface area contributed by atoms with Gasteiger partial charge in [0.1, 0.15) is 12.1 Å². The summed E-state index contributed by atoms with van der Waals surface area (Å²) < 4.78 is 11.3.